The molecule has 0 heterocycles. The third kappa shape index (κ3) is 3.13. The summed E-state index contributed by atoms with van der Waals surface area (Å²) in [6.07, 6.45) is 0.575. The lowest BCUT2D eigenvalue weighted by atomic mass is 10.0. The summed E-state index contributed by atoms with van der Waals surface area (Å²) < 4.78 is 38.6. The number of benzene rings is 2. The smallest absolute Gasteiger partial charge is 0.159 e. The Morgan fingerprint density at radius 3 is 2.17 bits per heavy atom. The van der Waals surface area contributed by atoms with Gasteiger partial charge in [0, 0.05) is 4.83 Å². The van der Waals surface area contributed by atoms with Gasteiger partial charge in [-0.05, 0) is 41.8 Å². The van der Waals surface area contributed by atoms with Crippen molar-refractivity contribution in [2.75, 3.05) is 0 Å². The fourth-order valence-electron chi connectivity index (χ4n) is 1.65. The van der Waals surface area contributed by atoms with Crippen molar-refractivity contribution in [2.45, 2.75) is 11.2 Å². The Hall–Kier alpha value is -1.29. The van der Waals surface area contributed by atoms with Crippen LogP contribution in [0.2, 0.25) is 0 Å². The second-order valence-corrected chi connectivity index (χ2v) is 5.08. The molecule has 0 saturated heterocycles. The average molecular weight is 315 g/mol. The van der Waals surface area contributed by atoms with Crippen LogP contribution in [0.1, 0.15) is 16.0 Å². The molecule has 18 heavy (non-hydrogen) atoms. The second kappa shape index (κ2) is 5.57. The van der Waals surface area contributed by atoms with Crippen LogP contribution in [-0.4, -0.2) is 0 Å². The normalized spacial score (nSPS) is 12.4. The minimum Gasteiger partial charge on any atom is -0.207 e. The molecule has 0 aliphatic rings. The molecule has 0 aliphatic heterocycles. The monoisotopic (exact) mass is 314 g/mol. The molecule has 0 spiro atoms. The predicted molar refractivity (Wildman–Crippen MR) is 68.1 cm³/mol. The Morgan fingerprint density at radius 2 is 1.56 bits per heavy atom. The third-order valence-electron chi connectivity index (χ3n) is 2.63. The molecule has 0 aliphatic carbocycles. The van der Waals surface area contributed by atoms with E-state index in [4.69, 9.17) is 0 Å². The van der Waals surface area contributed by atoms with Gasteiger partial charge in [-0.2, -0.15) is 0 Å². The lowest BCUT2D eigenvalue weighted by molar-refractivity contribution is 0.507. The number of rotatable bonds is 3. The van der Waals surface area contributed by atoms with Crippen molar-refractivity contribution in [3.63, 3.8) is 0 Å². The van der Waals surface area contributed by atoms with E-state index < -0.39 is 11.6 Å². The van der Waals surface area contributed by atoms with Crippen LogP contribution in [0, 0.1) is 17.5 Å². The average Bonchev–Trinajstić information content (AvgIpc) is 2.35. The van der Waals surface area contributed by atoms with Crippen LogP contribution in [0.4, 0.5) is 13.2 Å². The molecule has 0 N–H and O–H groups in total. The van der Waals surface area contributed by atoms with Gasteiger partial charge in [-0.1, -0.05) is 34.1 Å². The fraction of sp³-hybridized carbons (Fsp3) is 0.143. The van der Waals surface area contributed by atoms with Gasteiger partial charge in [0.15, 0.2) is 11.6 Å². The number of alkyl halides is 1. The molecule has 0 bridgehead atoms. The first-order chi connectivity index (χ1) is 8.56. The maximum absolute atomic E-state index is 13.1. The van der Waals surface area contributed by atoms with Gasteiger partial charge in [-0.25, -0.2) is 13.2 Å². The van der Waals surface area contributed by atoms with Crippen LogP contribution < -0.4 is 0 Å². The fourth-order valence-corrected chi connectivity index (χ4v) is 2.31. The van der Waals surface area contributed by atoms with Crippen molar-refractivity contribution >= 4 is 15.9 Å². The molecule has 94 valence electrons. The highest BCUT2D eigenvalue weighted by Crippen LogP contribution is 2.28. The van der Waals surface area contributed by atoms with Crippen LogP contribution in [-0.2, 0) is 6.42 Å². The largest absolute Gasteiger partial charge is 0.207 e. The highest BCUT2D eigenvalue weighted by Gasteiger charge is 2.11. The van der Waals surface area contributed by atoms with Crippen LogP contribution in [0.25, 0.3) is 0 Å². The van der Waals surface area contributed by atoms with Gasteiger partial charge in [-0.15, -0.1) is 0 Å². The standard InChI is InChI=1S/C14H10BrF3/c15-12(7-9-1-4-11(16)5-2-9)10-3-6-13(17)14(18)8-10/h1-6,8,12H,7H2. The quantitative estimate of drug-likeness (QED) is 0.715. The Morgan fingerprint density at radius 1 is 0.889 bits per heavy atom. The highest BCUT2D eigenvalue weighted by atomic mass is 79.9. The molecule has 0 nitrogen and oxygen atoms in total. The molecule has 0 radical (unpaired) electrons. The minimum absolute atomic E-state index is 0.141. The molecule has 1 unspecified atom stereocenters. The highest BCUT2D eigenvalue weighted by molar-refractivity contribution is 9.09. The molecule has 4 heteroatoms. The van der Waals surface area contributed by atoms with E-state index in [1.54, 1.807) is 12.1 Å². The van der Waals surface area contributed by atoms with Gasteiger partial charge >= 0.3 is 0 Å². The van der Waals surface area contributed by atoms with Crippen molar-refractivity contribution in [3.8, 4) is 0 Å². The number of hydrogen-bond acceptors (Lipinski definition) is 0. The molecule has 2 aromatic carbocycles. The maximum atomic E-state index is 13.1. The zero-order chi connectivity index (χ0) is 13.1. The minimum atomic E-state index is -0.865. The van der Waals surface area contributed by atoms with Crippen molar-refractivity contribution in [3.05, 3.63) is 71.0 Å². The van der Waals surface area contributed by atoms with Gasteiger partial charge < -0.3 is 0 Å². The molecule has 2 aromatic rings. The van der Waals surface area contributed by atoms with Crippen LogP contribution in [0.3, 0.4) is 0 Å². The number of hydrogen-bond donors (Lipinski definition) is 0. The summed E-state index contributed by atoms with van der Waals surface area (Å²) in [7, 11) is 0. The molecule has 0 fully saturated rings. The predicted octanol–water partition coefficient (Wildman–Crippen LogP) is 4.78. The van der Waals surface area contributed by atoms with Gasteiger partial charge in [0.2, 0.25) is 0 Å². The molecular weight excluding hydrogens is 305 g/mol. The van der Waals surface area contributed by atoms with Crippen molar-refractivity contribution in [1.82, 2.24) is 0 Å². The molecule has 2 rings (SSSR count). The third-order valence-corrected chi connectivity index (χ3v) is 3.49. The summed E-state index contributed by atoms with van der Waals surface area (Å²) in [4.78, 5) is -0.141. The summed E-state index contributed by atoms with van der Waals surface area (Å²) in [6.45, 7) is 0. The summed E-state index contributed by atoms with van der Waals surface area (Å²) in [6, 6.07) is 9.89. The molecule has 0 aromatic heterocycles. The maximum Gasteiger partial charge on any atom is 0.159 e. The van der Waals surface area contributed by atoms with E-state index in [0.29, 0.717) is 12.0 Å². The van der Waals surface area contributed by atoms with Gasteiger partial charge in [-0.3, -0.25) is 0 Å². The van der Waals surface area contributed by atoms with Crippen LogP contribution >= 0.6 is 15.9 Å². The Bertz CT molecular complexity index is 537. The topological polar surface area (TPSA) is 0 Å². The van der Waals surface area contributed by atoms with E-state index in [1.807, 2.05) is 0 Å². The van der Waals surface area contributed by atoms with E-state index in [9.17, 15) is 13.2 Å². The van der Waals surface area contributed by atoms with Crippen molar-refractivity contribution in [2.24, 2.45) is 0 Å². The van der Waals surface area contributed by atoms with E-state index in [-0.39, 0.29) is 10.6 Å². The molecular formula is C14H10BrF3. The first kappa shape index (κ1) is 13.1. The van der Waals surface area contributed by atoms with Crippen molar-refractivity contribution in [1.29, 1.82) is 0 Å². The zero-order valence-corrected chi connectivity index (χ0v) is 10.9. The van der Waals surface area contributed by atoms with Crippen LogP contribution in [0.15, 0.2) is 42.5 Å². The Kier molecular flexibility index (Phi) is 4.07. The lowest BCUT2D eigenvalue weighted by Gasteiger charge is -2.10. The Labute approximate surface area is 112 Å². The lowest BCUT2D eigenvalue weighted by Crippen LogP contribution is -1.97. The molecule has 0 saturated carbocycles. The molecule has 1 atom stereocenters. The second-order valence-electron chi connectivity index (χ2n) is 3.97. The van der Waals surface area contributed by atoms with Gasteiger partial charge in [0.1, 0.15) is 5.82 Å². The SMILES string of the molecule is Fc1ccc(CC(Br)c2ccc(F)c(F)c2)cc1. The molecule has 0 amide bonds. The van der Waals surface area contributed by atoms with Gasteiger partial charge in [0.25, 0.3) is 0 Å². The summed E-state index contributed by atoms with van der Waals surface area (Å²) in [5, 5.41) is 0. The summed E-state index contributed by atoms with van der Waals surface area (Å²) >= 11 is 3.42. The van der Waals surface area contributed by atoms with E-state index in [1.165, 1.54) is 18.2 Å². The zero-order valence-electron chi connectivity index (χ0n) is 9.34. The first-order valence-corrected chi connectivity index (χ1v) is 6.31. The summed E-state index contributed by atoms with van der Waals surface area (Å²) in [5.41, 5.74) is 1.57. The first-order valence-electron chi connectivity index (χ1n) is 5.40. The van der Waals surface area contributed by atoms with Crippen molar-refractivity contribution < 1.29 is 13.2 Å². The Balaban J connectivity index is 2.13. The van der Waals surface area contributed by atoms with E-state index >= 15 is 0 Å². The summed E-state index contributed by atoms with van der Waals surface area (Å²) in [5.74, 6) is -2.02. The van der Waals surface area contributed by atoms with Crippen LogP contribution in [0.5, 0.6) is 0 Å². The number of halogens is 4. The van der Waals surface area contributed by atoms with E-state index in [2.05, 4.69) is 15.9 Å². The van der Waals surface area contributed by atoms with Gasteiger partial charge in [0.05, 0.1) is 0 Å². The van der Waals surface area contributed by atoms with E-state index in [0.717, 1.165) is 17.7 Å².